The van der Waals surface area contributed by atoms with Crippen LogP contribution >= 0.6 is 10.5 Å². The number of hydrogen-bond donors (Lipinski definition) is 0. The second-order valence-electron chi connectivity index (χ2n) is 4.85. The Morgan fingerprint density at radius 2 is 1.46 bits per heavy atom. The maximum Gasteiger partial charge on any atom is 0.485 e. The zero-order chi connectivity index (χ0) is 18.0. The van der Waals surface area contributed by atoms with Gasteiger partial charge in [0.2, 0.25) is 0 Å². The van der Waals surface area contributed by atoms with Crippen molar-refractivity contribution in [1.82, 2.24) is 0 Å². The second-order valence-corrected chi connectivity index (χ2v) is 8.04. The molecule has 1 aromatic heterocycles. The van der Waals surface area contributed by atoms with Gasteiger partial charge in [-0.3, -0.25) is 0 Å². The van der Waals surface area contributed by atoms with Crippen molar-refractivity contribution in [1.29, 1.82) is 0 Å². The van der Waals surface area contributed by atoms with E-state index in [-0.39, 0.29) is 10.5 Å². The van der Waals surface area contributed by atoms with Gasteiger partial charge in [-0.05, 0) is 31.2 Å². The Kier molecular flexibility index (Phi) is 5.32. The first kappa shape index (κ1) is 18.4. The summed E-state index contributed by atoms with van der Waals surface area (Å²) in [5.74, 6) is 0. The molecule has 0 aliphatic carbocycles. The molecule has 3 nitrogen and oxygen atoms in total. The average molecular weight is 374 g/mol. The van der Waals surface area contributed by atoms with Crippen LogP contribution in [0.3, 0.4) is 0 Å². The molecule has 1 atom stereocenters. The lowest BCUT2D eigenvalue weighted by Gasteiger charge is -2.08. The van der Waals surface area contributed by atoms with Crippen molar-refractivity contribution < 1.29 is 26.1 Å². The Balaban J connectivity index is 0.000000224. The number of aryl methyl sites for hydroxylation is 1. The normalized spacial score (nSPS) is 12.6. The maximum atomic E-state index is 10.7. The lowest BCUT2D eigenvalue weighted by molar-refractivity contribution is -0.0517. The zero-order valence-electron chi connectivity index (χ0n) is 12.4. The van der Waals surface area contributed by atoms with Crippen LogP contribution in [0.15, 0.2) is 60.0 Å². The molecule has 0 radical (unpaired) electrons. The Morgan fingerprint density at radius 1 is 0.958 bits per heavy atom. The van der Waals surface area contributed by atoms with E-state index in [0.29, 0.717) is 0 Å². The maximum absolute atomic E-state index is 10.7. The molecule has 0 fully saturated rings. The van der Waals surface area contributed by atoms with Gasteiger partial charge in [-0.25, -0.2) is 8.42 Å². The molecule has 1 heterocycles. The summed E-state index contributed by atoms with van der Waals surface area (Å²) in [5, 5.41) is 3.80. The Bertz CT molecular complexity index is 930. The largest absolute Gasteiger partial charge is 0.741 e. The highest BCUT2D eigenvalue weighted by Gasteiger charge is 2.36. The third-order valence-electron chi connectivity index (χ3n) is 3.12. The number of alkyl halides is 3. The molecule has 2 aromatic carbocycles. The van der Waals surface area contributed by atoms with Crippen molar-refractivity contribution in [2.75, 3.05) is 0 Å². The van der Waals surface area contributed by atoms with Crippen LogP contribution in [0.1, 0.15) is 5.56 Å². The van der Waals surface area contributed by atoms with E-state index < -0.39 is 15.6 Å². The van der Waals surface area contributed by atoms with Crippen molar-refractivity contribution in [3.8, 4) is 4.90 Å². The molecule has 0 aliphatic heterocycles. The summed E-state index contributed by atoms with van der Waals surface area (Å²) in [5.41, 5.74) is -4.24. The van der Waals surface area contributed by atoms with E-state index >= 15 is 0 Å². The van der Waals surface area contributed by atoms with Crippen LogP contribution in [0.4, 0.5) is 13.2 Å². The first-order valence-corrected chi connectivity index (χ1v) is 9.39. The van der Waals surface area contributed by atoms with Crippen molar-refractivity contribution in [3.05, 3.63) is 65.5 Å². The van der Waals surface area contributed by atoms with Crippen molar-refractivity contribution >= 4 is 30.7 Å². The predicted octanol–water partition coefficient (Wildman–Crippen LogP) is 4.94. The van der Waals surface area contributed by atoms with E-state index in [1.165, 1.54) is 20.5 Å². The summed E-state index contributed by atoms with van der Waals surface area (Å²) < 4.78 is 60.4. The average Bonchev–Trinajstić information content (AvgIpc) is 2.85. The van der Waals surface area contributed by atoms with E-state index in [0.717, 1.165) is 0 Å². The van der Waals surface area contributed by atoms with E-state index in [4.69, 9.17) is 13.0 Å². The van der Waals surface area contributed by atoms with Crippen molar-refractivity contribution in [2.24, 2.45) is 0 Å². The summed E-state index contributed by atoms with van der Waals surface area (Å²) in [6.07, 6.45) is 0. The fourth-order valence-electron chi connectivity index (χ4n) is 2.05. The summed E-state index contributed by atoms with van der Waals surface area (Å²) >= 11 is 0. The fourth-order valence-corrected chi connectivity index (χ4v) is 4.19. The molecule has 0 amide bonds. The first-order chi connectivity index (χ1) is 11.1. The minimum atomic E-state index is -6.09. The summed E-state index contributed by atoms with van der Waals surface area (Å²) in [6.45, 7) is 2.20. The molecule has 0 spiro atoms. The Morgan fingerprint density at radius 3 is 2.00 bits per heavy atom. The zero-order valence-corrected chi connectivity index (χ0v) is 14.1. The van der Waals surface area contributed by atoms with Crippen LogP contribution in [0.5, 0.6) is 0 Å². The highest BCUT2D eigenvalue weighted by atomic mass is 32.2. The van der Waals surface area contributed by atoms with Gasteiger partial charge < -0.3 is 4.55 Å². The molecule has 0 saturated heterocycles. The predicted molar refractivity (Wildman–Crippen MR) is 88.3 cm³/mol. The minimum Gasteiger partial charge on any atom is -0.741 e. The van der Waals surface area contributed by atoms with Crippen LogP contribution in [-0.2, 0) is 10.1 Å². The number of rotatable bonds is 1. The van der Waals surface area contributed by atoms with Crippen molar-refractivity contribution in [2.45, 2.75) is 12.4 Å². The number of fused-ring (bicyclic) bond motifs is 1. The van der Waals surface area contributed by atoms with E-state index in [2.05, 4.69) is 66.9 Å². The first-order valence-electron chi connectivity index (χ1n) is 6.69. The van der Waals surface area contributed by atoms with Crippen molar-refractivity contribution in [3.63, 3.8) is 0 Å². The summed E-state index contributed by atoms with van der Waals surface area (Å²) in [4.78, 5) is 1.41. The monoisotopic (exact) mass is 374 g/mol. The minimum absolute atomic E-state index is 0.142. The molecule has 3 aromatic rings. The Labute approximate surface area is 140 Å². The standard InChI is InChI=1S/C15H13S.CHF3O3S/c1-12-11-16(13-7-3-2-4-8-13)15-10-6-5-9-14(12)15;2-1(3,4)8(5,6)7/h2-11H,1H3;(H,5,6,7)/q+1;/p-1. The summed E-state index contributed by atoms with van der Waals surface area (Å²) in [7, 11) is -5.95. The highest BCUT2D eigenvalue weighted by Crippen LogP contribution is 2.41. The lowest BCUT2D eigenvalue weighted by atomic mass is 10.2. The quantitative estimate of drug-likeness (QED) is 0.344. The van der Waals surface area contributed by atoms with Crippen LogP contribution in [0.25, 0.3) is 15.0 Å². The lowest BCUT2D eigenvalue weighted by Crippen LogP contribution is -2.21. The molecule has 0 saturated carbocycles. The molecule has 0 bridgehead atoms. The molecule has 0 aliphatic rings. The van der Waals surface area contributed by atoms with E-state index in [9.17, 15) is 13.2 Å². The molecule has 3 rings (SSSR count). The number of halogens is 3. The summed E-state index contributed by atoms with van der Waals surface area (Å²) in [6, 6.07) is 19.5. The smallest absolute Gasteiger partial charge is 0.485 e. The number of benzene rings is 2. The van der Waals surface area contributed by atoms with Crippen LogP contribution in [0.2, 0.25) is 0 Å². The number of hydrogen-bond acceptors (Lipinski definition) is 3. The van der Waals surface area contributed by atoms with Gasteiger partial charge in [0.05, 0.1) is 0 Å². The molecular formula is C16H13F3O3S2. The van der Waals surface area contributed by atoms with Gasteiger partial charge in [-0.1, -0.05) is 30.3 Å². The van der Waals surface area contributed by atoms with Gasteiger partial charge in [0.15, 0.2) is 19.7 Å². The molecule has 0 N–H and O–H groups in total. The van der Waals surface area contributed by atoms with Crippen LogP contribution in [-0.4, -0.2) is 18.5 Å². The third kappa shape index (κ3) is 4.14. The fraction of sp³-hybridized carbons (Fsp3) is 0.125. The number of thiophene rings is 1. The molecule has 8 heteroatoms. The SMILES string of the molecule is Cc1c[s+](-c2ccccc2)c2ccccc12.O=S(=O)([O-])C(F)(F)F. The molecule has 24 heavy (non-hydrogen) atoms. The van der Waals surface area contributed by atoms with Crippen LogP contribution < -0.4 is 0 Å². The molecular weight excluding hydrogens is 361 g/mol. The molecule has 128 valence electrons. The topological polar surface area (TPSA) is 57.2 Å². The van der Waals surface area contributed by atoms with Gasteiger partial charge in [0, 0.05) is 21.4 Å². The van der Waals surface area contributed by atoms with Gasteiger partial charge in [0.1, 0.15) is 5.38 Å². The second kappa shape index (κ2) is 6.92. The van der Waals surface area contributed by atoms with E-state index in [1.54, 1.807) is 0 Å². The molecule has 1 unspecified atom stereocenters. The Hall–Kier alpha value is -1.90. The van der Waals surface area contributed by atoms with Gasteiger partial charge in [-0.15, -0.1) is 0 Å². The highest BCUT2D eigenvalue weighted by molar-refractivity contribution is 7.86. The van der Waals surface area contributed by atoms with Crippen LogP contribution in [0, 0.1) is 6.92 Å². The van der Waals surface area contributed by atoms with E-state index in [1.807, 2.05) is 0 Å². The van der Waals surface area contributed by atoms with Gasteiger partial charge >= 0.3 is 5.51 Å². The third-order valence-corrected chi connectivity index (χ3v) is 5.89. The van der Waals surface area contributed by atoms with Gasteiger partial charge in [0.25, 0.3) is 0 Å². The van der Waals surface area contributed by atoms with Gasteiger partial charge in [-0.2, -0.15) is 13.2 Å².